The van der Waals surface area contributed by atoms with Crippen LogP contribution in [0.25, 0.3) is 0 Å². The Hall–Kier alpha value is -2.52. The molecule has 0 aromatic heterocycles. The molecule has 0 saturated heterocycles. The van der Waals surface area contributed by atoms with E-state index in [1.807, 2.05) is 6.92 Å². The van der Waals surface area contributed by atoms with E-state index in [-0.39, 0.29) is 16.1 Å². The van der Waals surface area contributed by atoms with Gasteiger partial charge in [-0.2, -0.15) is 0 Å². The molecule has 28 heavy (non-hydrogen) atoms. The number of carbonyl (C=O) groups is 2. The summed E-state index contributed by atoms with van der Waals surface area (Å²) in [6, 6.07) is 10.7. The van der Waals surface area contributed by atoms with Gasteiger partial charge < -0.3 is 9.64 Å². The maximum atomic E-state index is 12.8. The molecule has 0 bridgehead atoms. The summed E-state index contributed by atoms with van der Waals surface area (Å²) in [7, 11) is -2.59. The average molecular weight is 421 g/mol. The normalized spacial score (nSPS) is 16.2. The van der Waals surface area contributed by atoms with Gasteiger partial charge >= 0.3 is 5.97 Å². The third-order valence-electron chi connectivity index (χ3n) is 4.24. The van der Waals surface area contributed by atoms with E-state index in [0.29, 0.717) is 23.5 Å². The van der Waals surface area contributed by atoms with Crippen molar-refractivity contribution in [1.82, 2.24) is 0 Å². The average Bonchev–Trinajstić information content (AvgIpc) is 2.66. The minimum absolute atomic E-state index is 0.0599. The quantitative estimate of drug-likeness (QED) is 0.764. The van der Waals surface area contributed by atoms with Crippen LogP contribution >= 0.6 is 11.8 Å². The van der Waals surface area contributed by atoms with Crippen molar-refractivity contribution in [3.63, 3.8) is 0 Å². The summed E-state index contributed by atoms with van der Waals surface area (Å²) in [4.78, 5) is 26.0. The monoisotopic (exact) mass is 420 g/mol. The van der Waals surface area contributed by atoms with Crippen molar-refractivity contribution in [3.8, 4) is 0 Å². The fraction of sp³-hybridized carbons (Fsp3) is 0.263. The van der Waals surface area contributed by atoms with E-state index < -0.39 is 16.0 Å². The summed E-state index contributed by atoms with van der Waals surface area (Å²) in [5.74, 6) is -0.630. The predicted molar refractivity (Wildman–Crippen MR) is 108 cm³/mol. The largest absolute Gasteiger partial charge is 0.465 e. The first-order valence-electron chi connectivity index (χ1n) is 8.51. The van der Waals surface area contributed by atoms with Crippen LogP contribution in [-0.2, 0) is 19.6 Å². The lowest BCUT2D eigenvalue weighted by Gasteiger charge is -2.32. The number of anilines is 2. The Kier molecular flexibility index (Phi) is 5.66. The topological polar surface area (TPSA) is 92.8 Å². The Morgan fingerprint density at radius 1 is 1.18 bits per heavy atom. The Bertz CT molecular complexity index is 1020. The first-order valence-corrected chi connectivity index (χ1v) is 10.9. The van der Waals surface area contributed by atoms with Crippen LogP contribution in [-0.4, -0.2) is 39.2 Å². The van der Waals surface area contributed by atoms with Gasteiger partial charge in [0.15, 0.2) is 0 Å². The summed E-state index contributed by atoms with van der Waals surface area (Å²) in [5.41, 5.74) is 1.23. The van der Waals surface area contributed by atoms with E-state index in [1.165, 1.54) is 50.4 Å². The van der Waals surface area contributed by atoms with Crippen molar-refractivity contribution in [2.75, 3.05) is 23.3 Å². The number of fused-ring (bicyclic) bond motifs is 1. The Balaban J connectivity index is 1.89. The molecule has 0 spiro atoms. The summed E-state index contributed by atoms with van der Waals surface area (Å²) in [5, 5.41) is 0.227. The number of carbonyl (C=O) groups excluding carboxylic acids is 2. The smallest absolute Gasteiger partial charge is 0.337 e. The van der Waals surface area contributed by atoms with Crippen LogP contribution in [0.5, 0.6) is 0 Å². The number of esters is 1. The number of benzene rings is 2. The van der Waals surface area contributed by atoms with E-state index in [1.54, 1.807) is 22.7 Å². The van der Waals surface area contributed by atoms with Gasteiger partial charge in [0.1, 0.15) is 0 Å². The zero-order valence-corrected chi connectivity index (χ0v) is 17.3. The molecule has 1 N–H and O–H groups in total. The molecule has 1 amide bonds. The van der Waals surface area contributed by atoms with Crippen LogP contribution in [0.4, 0.5) is 11.4 Å². The number of hydrogen-bond donors (Lipinski definition) is 1. The molecular formula is C19H20N2O5S2. The zero-order chi connectivity index (χ0) is 20.5. The minimum Gasteiger partial charge on any atom is -0.465 e. The predicted octanol–water partition coefficient (Wildman–Crippen LogP) is 3.12. The van der Waals surface area contributed by atoms with Gasteiger partial charge in [-0.1, -0.05) is 6.92 Å². The standard InChI is InChI=1S/C19H20N2O5S2/c1-12-11-21(13(2)22)17-10-16(8-9-18(17)27-12)28(24,25)20-15-6-4-14(5-7-15)19(23)26-3/h4-10,12,20H,11H2,1-3H3/t12-/m1/s1. The zero-order valence-electron chi connectivity index (χ0n) is 15.6. The van der Waals surface area contributed by atoms with Crippen molar-refractivity contribution >= 4 is 45.0 Å². The van der Waals surface area contributed by atoms with Crippen LogP contribution in [0.1, 0.15) is 24.2 Å². The number of thioether (sulfide) groups is 1. The first kappa shape index (κ1) is 20.2. The molecule has 0 fully saturated rings. The Labute approximate surface area is 168 Å². The van der Waals surface area contributed by atoms with E-state index >= 15 is 0 Å². The van der Waals surface area contributed by atoms with Crippen molar-refractivity contribution in [2.45, 2.75) is 28.9 Å². The number of ether oxygens (including phenoxy) is 1. The number of amides is 1. The molecule has 2 aromatic carbocycles. The molecule has 1 aliphatic heterocycles. The maximum absolute atomic E-state index is 12.8. The van der Waals surface area contributed by atoms with Crippen molar-refractivity contribution < 1.29 is 22.7 Å². The fourth-order valence-corrected chi connectivity index (χ4v) is 5.06. The molecule has 1 heterocycles. The summed E-state index contributed by atoms with van der Waals surface area (Å²) in [6.07, 6.45) is 0. The first-order chi connectivity index (χ1) is 13.2. The summed E-state index contributed by atoms with van der Waals surface area (Å²) >= 11 is 1.61. The van der Waals surface area contributed by atoms with Gasteiger partial charge in [-0.15, -0.1) is 11.8 Å². The second kappa shape index (κ2) is 7.84. The number of methoxy groups -OCH3 is 1. The molecule has 0 aliphatic carbocycles. The number of nitrogens with one attached hydrogen (secondary N) is 1. The van der Waals surface area contributed by atoms with Gasteiger partial charge in [0.2, 0.25) is 5.91 Å². The van der Waals surface area contributed by atoms with Crippen LogP contribution < -0.4 is 9.62 Å². The van der Waals surface area contributed by atoms with Crippen molar-refractivity contribution in [1.29, 1.82) is 0 Å². The number of sulfonamides is 1. The van der Waals surface area contributed by atoms with E-state index in [9.17, 15) is 18.0 Å². The fourth-order valence-electron chi connectivity index (χ4n) is 2.89. The molecule has 0 radical (unpaired) electrons. The third kappa shape index (κ3) is 4.15. The van der Waals surface area contributed by atoms with Gasteiger partial charge in [-0.25, -0.2) is 13.2 Å². The van der Waals surface area contributed by atoms with Crippen LogP contribution in [0.15, 0.2) is 52.3 Å². The molecule has 0 unspecified atom stereocenters. The van der Waals surface area contributed by atoms with Crippen LogP contribution in [0, 0.1) is 0 Å². The highest BCUT2D eigenvalue weighted by molar-refractivity contribution is 8.00. The second-order valence-corrected chi connectivity index (χ2v) is 9.52. The lowest BCUT2D eigenvalue weighted by Crippen LogP contribution is -2.37. The highest BCUT2D eigenvalue weighted by atomic mass is 32.2. The second-order valence-electron chi connectivity index (χ2n) is 6.36. The SMILES string of the molecule is COC(=O)c1ccc(NS(=O)(=O)c2ccc3c(c2)N(C(C)=O)C[C@@H](C)S3)cc1. The molecule has 148 valence electrons. The van der Waals surface area contributed by atoms with Gasteiger partial charge in [-0.3, -0.25) is 9.52 Å². The maximum Gasteiger partial charge on any atom is 0.337 e. The molecule has 1 aliphatic rings. The van der Waals surface area contributed by atoms with Gasteiger partial charge in [0, 0.05) is 29.3 Å². The molecule has 2 aromatic rings. The van der Waals surface area contributed by atoms with E-state index in [4.69, 9.17) is 0 Å². The third-order valence-corrected chi connectivity index (χ3v) is 6.77. The lowest BCUT2D eigenvalue weighted by atomic mass is 10.2. The molecule has 9 heteroatoms. The van der Waals surface area contributed by atoms with E-state index in [2.05, 4.69) is 9.46 Å². The van der Waals surface area contributed by atoms with Crippen LogP contribution in [0.2, 0.25) is 0 Å². The molecule has 1 atom stereocenters. The van der Waals surface area contributed by atoms with Gasteiger partial charge in [-0.05, 0) is 42.5 Å². The highest BCUT2D eigenvalue weighted by Gasteiger charge is 2.27. The van der Waals surface area contributed by atoms with Gasteiger partial charge in [0.05, 0.1) is 23.3 Å². The highest BCUT2D eigenvalue weighted by Crippen LogP contribution is 2.39. The lowest BCUT2D eigenvalue weighted by molar-refractivity contribution is -0.116. The molecule has 0 saturated carbocycles. The van der Waals surface area contributed by atoms with Crippen molar-refractivity contribution in [2.24, 2.45) is 0 Å². The summed E-state index contributed by atoms with van der Waals surface area (Å²) in [6.45, 7) is 4.02. The molecular weight excluding hydrogens is 400 g/mol. The van der Waals surface area contributed by atoms with E-state index in [0.717, 1.165) is 4.90 Å². The number of hydrogen-bond acceptors (Lipinski definition) is 6. The number of rotatable bonds is 4. The summed E-state index contributed by atoms with van der Waals surface area (Å²) < 4.78 is 32.7. The Morgan fingerprint density at radius 2 is 1.86 bits per heavy atom. The Morgan fingerprint density at radius 3 is 2.46 bits per heavy atom. The number of nitrogens with zero attached hydrogens (tertiary/aromatic N) is 1. The minimum atomic E-state index is -3.86. The van der Waals surface area contributed by atoms with Crippen molar-refractivity contribution in [3.05, 3.63) is 48.0 Å². The van der Waals surface area contributed by atoms with Crippen LogP contribution in [0.3, 0.4) is 0 Å². The molecule has 7 nitrogen and oxygen atoms in total. The molecule has 3 rings (SSSR count). The van der Waals surface area contributed by atoms with Gasteiger partial charge in [0.25, 0.3) is 10.0 Å².